The zero-order valence-electron chi connectivity index (χ0n) is 9.40. The average Bonchev–Trinajstić information content (AvgIpc) is 2.86. The fraction of sp³-hybridized carbons (Fsp3) is 0.300. The van der Waals surface area contributed by atoms with Crippen molar-refractivity contribution in [1.82, 2.24) is 20.1 Å². The summed E-state index contributed by atoms with van der Waals surface area (Å²) in [6.07, 6.45) is 1.38. The van der Waals surface area contributed by atoms with Crippen LogP contribution in [0.1, 0.15) is 22.0 Å². The van der Waals surface area contributed by atoms with Gasteiger partial charge < -0.3 is 9.32 Å². The van der Waals surface area contributed by atoms with Gasteiger partial charge in [0, 0.05) is 7.05 Å². The molecule has 0 aliphatic carbocycles. The Labute approximate surface area is 103 Å². The third-order valence-corrected chi connectivity index (χ3v) is 2.51. The Morgan fingerprint density at radius 2 is 2.41 bits per heavy atom. The minimum Gasteiger partial charge on any atom is -0.452 e. The Morgan fingerprint density at radius 3 is 2.94 bits per heavy atom. The Balaban J connectivity index is 2.08. The maximum Gasteiger partial charge on any atom is 0.258 e. The first kappa shape index (κ1) is 11.7. The van der Waals surface area contributed by atoms with Crippen LogP contribution < -0.4 is 0 Å². The van der Waals surface area contributed by atoms with Crippen molar-refractivity contribution in [1.29, 1.82) is 0 Å². The van der Waals surface area contributed by atoms with Gasteiger partial charge in [0.2, 0.25) is 5.22 Å². The van der Waals surface area contributed by atoms with E-state index >= 15 is 0 Å². The highest BCUT2D eigenvalue weighted by atomic mass is 35.5. The fourth-order valence-electron chi connectivity index (χ4n) is 1.40. The second-order valence-corrected chi connectivity index (χ2v) is 3.95. The molecule has 0 bridgehead atoms. The lowest BCUT2D eigenvalue weighted by molar-refractivity contribution is 0.0781. The molecule has 0 radical (unpaired) electrons. The molecular formula is C10H11ClN4O2. The zero-order chi connectivity index (χ0) is 12.4. The molecule has 0 saturated heterocycles. The molecule has 2 aromatic heterocycles. The van der Waals surface area contributed by atoms with Gasteiger partial charge in [-0.25, -0.2) is 4.98 Å². The van der Waals surface area contributed by atoms with Crippen molar-refractivity contribution in [2.24, 2.45) is 0 Å². The predicted octanol–water partition coefficient (Wildman–Crippen LogP) is 1.63. The van der Waals surface area contributed by atoms with Crippen molar-refractivity contribution in [2.45, 2.75) is 13.5 Å². The number of carbonyl (C=O) groups excluding carboxylic acids is 1. The number of hydrogen-bond acceptors (Lipinski definition) is 4. The normalized spacial score (nSPS) is 10.5. The molecule has 0 saturated carbocycles. The second kappa shape index (κ2) is 4.58. The zero-order valence-corrected chi connectivity index (χ0v) is 10.2. The van der Waals surface area contributed by atoms with E-state index in [4.69, 9.17) is 16.0 Å². The van der Waals surface area contributed by atoms with Crippen molar-refractivity contribution in [2.75, 3.05) is 7.05 Å². The number of carbonyl (C=O) groups is 1. The maximum absolute atomic E-state index is 12.0. The van der Waals surface area contributed by atoms with Crippen molar-refractivity contribution < 1.29 is 9.21 Å². The van der Waals surface area contributed by atoms with Gasteiger partial charge in [-0.1, -0.05) is 0 Å². The van der Waals surface area contributed by atoms with Crippen LogP contribution in [-0.4, -0.2) is 33.0 Å². The summed E-state index contributed by atoms with van der Waals surface area (Å²) in [4.78, 5) is 17.5. The monoisotopic (exact) mass is 254 g/mol. The Kier molecular flexibility index (Phi) is 3.14. The molecule has 90 valence electrons. The summed E-state index contributed by atoms with van der Waals surface area (Å²) in [5.74, 6) is 1.03. The summed E-state index contributed by atoms with van der Waals surface area (Å²) in [7, 11) is 1.65. The highest BCUT2D eigenvalue weighted by molar-refractivity contribution is 6.32. The summed E-state index contributed by atoms with van der Waals surface area (Å²) >= 11 is 5.73. The van der Waals surface area contributed by atoms with E-state index < -0.39 is 0 Å². The molecular weight excluding hydrogens is 244 g/mol. The summed E-state index contributed by atoms with van der Waals surface area (Å²) in [5, 5.41) is 6.76. The number of amides is 1. The number of aryl methyl sites for hydroxylation is 1. The molecule has 7 heteroatoms. The van der Waals surface area contributed by atoms with Crippen LogP contribution in [0, 0.1) is 6.92 Å². The van der Waals surface area contributed by atoms with Crippen molar-refractivity contribution >= 4 is 17.5 Å². The van der Waals surface area contributed by atoms with E-state index in [9.17, 15) is 4.79 Å². The smallest absolute Gasteiger partial charge is 0.258 e. The lowest BCUT2D eigenvalue weighted by Gasteiger charge is -2.13. The second-order valence-electron chi connectivity index (χ2n) is 3.61. The van der Waals surface area contributed by atoms with Crippen LogP contribution in [0.4, 0.5) is 0 Å². The summed E-state index contributed by atoms with van der Waals surface area (Å²) < 4.78 is 4.87. The predicted molar refractivity (Wildman–Crippen MR) is 60.6 cm³/mol. The molecule has 2 rings (SSSR count). The molecule has 17 heavy (non-hydrogen) atoms. The largest absolute Gasteiger partial charge is 0.452 e. The number of aromatic amines is 1. The lowest BCUT2D eigenvalue weighted by atomic mass is 10.3. The van der Waals surface area contributed by atoms with Crippen LogP contribution in [0.2, 0.25) is 5.22 Å². The SMILES string of the molecule is Cc1nc(CN(C)C(=O)c2ccoc2Cl)n[nH]1. The van der Waals surface area contributed by atoms with Gasteiger partial charge in [0.15, 0.2) is 5.82 Å². The van der Waals surface area contributed by atoms with Gasteiger partial charge in [0.25, 0.3) is 5.91 Å². The molecule has 0 aromatic carbocycles. The van der Waals surface area contributed by atoms with Crippen LogP contribution in [-0.2, 0) is 6.54 Å². The van der Waals surface area contributed by atoms with E-state index in [0.717, 1.165) is 0 Å². The lowest BCUT2D eigenvalue weighted by Crippen LogP contribution is -2.26. The van der Waals surface area contributed by atoms with Crippen LogP contribution in [0.15, 0.2) is 16.7 Å². The molecule has 0 aliphatic rings. The first-order chi connectivity index (χ1) is 8.08. The van der Waals surface area contributed by atoms with E-state index in [2.05, 4.69) is 15.2 Å². The van der Waals surface area contributed by atoms with Crippen LogP contribution in [0.5, 0.6) is 0 Å². The van der Waals surface area contributed by atoms with Crippen molar-refractivity contribution in [3.8, 4) is 0 Å². The van der Waals surface area contributed by atoms with Crippen molar-refractivity contribution in [3.05, 3.63) is 34.8 Å². The Morgan fingerprint density at radius 1 is 1.65 bits per heavy atom. The number of rotatable bonds is 3. The molecule has 0 aliphatic heterocycles. The van der Waals surface area contributed by atoms with Gasteiger partial charge in [-0.3, -0.25) is 9.89 Å². The molecule has 6 nitrogen and oxygen atoms in total. The standard InChI is InChI=1S/C10H11ClN4O2/c1-6-12-8(14-13-6)5-15(2)10(16)7-3-4-17-9(7)11/h3-4H,5H2,1-2H3,(H,12,13,14). The molecule has 1 amide bonds. The highest BCUT2D eigenvalue weighted by Gasteiger charge is 2.18. The number of aromatic nitrogens is 3. The Hall–Kier alpha value is -1.82. The number of nitrogens with one attached hydrogen (secondary N) is 1. The third-order valence-electron chi connectivity index (χ3n) is 2.22. The van der Waals surface area contributed by atoms with Gasteiger partial charge in [-0.2, -0.15) is 5.10 Å². The van der Waals surface area contributed by atoms with E-state index in [1.807, 2.05) is 0 Å². The fourth-order valence-corrected chi connectivity index (χ4v) is 1.59. The highest BCUT2D eigenvalue weighted by Crippen LogP contribution is 2.18. The van der Waals surface area contributed by atoms with Crippen LogP contribution in [0.25, 0.3) is 0 Å². The maximum atomic E-state index is 12.0. The molecule has 0 unspecified atom stereocenters. The molecule has 2 aromatic rings. The summed E-state index contributed by atoms with van der Waals surface area (Å²) in [5.41, 5.74) is 0.335. The number of hydrogen-bond donors (Lipinski definition) is 1. The van der Waals surface area contributed by atoms with Crippen LogP contribution >= 0.6 is 11.6 Å². The van der Waals surface area contributed by atoms with E-state index in [1.54, 1.807) is 14.0 Å². The van der Waals surface area contributed by atoms with Crippen LogP contribution in [0.3, 0.4) is 0 Å². The Bertz CT molecular complexity index is 534. The topological polar surface area (TPSA) is 75.0 Å². The average molecular weight is 255 g/mol. The minimum atomic E-state index is -0.230. The summed E-state index contributed by atoms with van der Waals surface area (Å²) in [6.45, 7) is 2.11. The van der Waals surface area contributed by atoms with E-state index in [0.29, 0.717) is 23.8 Å². The van der Waals surface area contributed by atoms with Crippen molar-refractivity contribution in [3.63, 3.8) is 0 Å². The van der Waals surface area contributed by atoms with E-state index in [-0.39, 0.29) is 11.1 Å². The molecule has 2 heterocycles. The minimum absolute atomic E-state index is 0.0908. The number of halogens is 1. The van der Waals surface area contributed by atoms with Gasteiger partial charge in [0.05, 0.1) is 18.4 Å². The quantitative estimate of drug-likeness (QED) is 0.903. The molecule has 0 spiro atoms. The number of H-pyrrole nitrogens is 1. The molecule has 0 fully saturated rings. The van der Waals surface area contributed by atoms with E-state index in [1.165, 1.54) is 17.2 Å². The molecule has 0 atom stereocenters. The van der Waals surface area contributed by atoms with Gasteiger partial charge >= 0.3 is 0 Å². The van der Waals surface area contributed by atoms with Gasteiger partial charge in [-0.05, 0) is 24.6 Å². The van der Waals surface area contributed by atoms with Gasteiger partial charge in [-0.15, -0.1) is 0 Å². The summed E-state index contributed by atoms with van der Waals surface area (Å²) in [6, 6.07) is 1.53. The number of furan rings is 1. The molecule has 1 N–H and O–H groups in total. The first-order valence-corrected chi connectivity index (χ1v) is 5.32. The third kappa shape index (κ3) is 2.47. The first-order valence-electron chi connectivity index (χ1n) is 4.94. The van der Waals surface area contributed by atoms with Gasteiger partial charge in [0.1, 0.15) is 5.82 Å². The number of nitrogens with zero attached hydrogens (tertiary/aromatic N) is 3.